The van der Waals surface area contributed by atoms with E-state index in [1.807, 2.05) is 31.2 Å². The van der Waals surface area contributed by atoms with Crippen molar-refractivity contribution in [2.24, 2.45) is 0 Å². The summed E-state index contributed by atoms with van der Waals surface area (Å²) >= 11 is 0. The molecule has 1 aromatic carbocycles. The van der Waals surface area contributed by atoms with Crippen molar-refractivity contribution in [3.05, 3.63) is 35.4 Å². The van der Waals surface area contributed by atoms with Crippen LogP contribution in [0.25, 0.3) is 0 Å². The summed E-state index contributed by atoms with van der Waals surface area (Å²) in [4.78, 5) is 2.78. The van der Waals surface area contributed by atoms with Crippen LogP contribution in [0, 0.1) is 6.92 Å². The highest BCUT2D eigenvalue weighted by molar-refractivity contribution is 6.22. The van der Waals surface area contributed by atoms with Gasteiger partial charge in [-0.1, -0.05) is 24.3 Å². The van der Waals surface area contributed by atoms with Gasteiger partial charge in [0.25, 0.3) is 10.0 Å². The fourth-order valence-electron chi connectivity index (χ4n) is 0.990. The van der Waals surface area contributed by atoms with Crippen LogP contribution in [0.2, 0.25) is 0 Å². The number of rotatable bonds is 3. The third kappa shape index (κ3) is 2.44. The number of nitrogens with one attached hydrogen (secondary N) is 1. The lowest BCUT2D eigenvalue weighted by atomic mass is 10.1. The summed E-state index contributed by atoms with van der Waals surface area (Å²) in [5.74, 6) is 0. The van der Waals surface area contributed by atoms with Crippen molar-refractivity contribution in [2.75, 3.05) is 0 Å². The zero-order valence-corrected chi connectivity index (χ0v) is 8.02. The second kappa shape index (κ2) is 4.26. The normalized spacial score (nSPS) is 11.1. The van der Waals surface area contributed by atoms with Crippen LogP contribution >= 0.6 is 0 Å². The van der Waals surface area contributed by atoms with Crippen LogP contribution in [0.15, 0.2) is 24.3 Å². The van der Waals surface area contributed by atoms with Gasteiger partial charge >= 0.3 is 0 Å². The predicted octanol–water partition coefficient (Wildman–Crippen LogP) is 1.05. The molecule has 0 saturated carbocycles. The molecule has 0 bridgehead atoms. The van der Waals surface area contributed by atoms with Gasteiger partial charge in [0, 0.05) is 6.54 Å². The van der Waals surface area contributed by atoms with Crippen LogP contribution in [0.3, 0.4) is 0 Å². The Morgan fingerprint density at radius 3 is 2.82 bits per heavy atom. The van der Waals surface area contributed by atoms with E-state index in [9.17, 15) is 4.11 Å². The quantitative estimate of drug-likeness (QED) is 0.527. The monoisotopic (exact) mass is 169 g/mol. The van der Waals surface area contributed by atoms with Gasteiger partial charge in [-0.25, -0.2) is 0 Å². The molecule has 0 aromatic heterocycles. The summed E-state index contributed by atoms with van der Waals surface area (Å²) in [6, 6.07) is 8.03. The van der Waals surface area contributed by atoms with E-state index in [0.717, 1.165) is 0 Å². The largest absolute Gasteiger partial charge is 0.313 e. The topological polar surface area (TPSA) is 12.0 Å². The van der Waals surface area contributed by atoms with Crippen LogP contribution < -0.4 is 4.98 Å². The molecule has 0 radical (unpaired) electrons. The average Bonchev–Trinajstić information content (AvgIpc) is 2.03. The lowest BCUT2D eigenvalue weighted by Crippen LogP contribution is -2.14. The molecule has 0 aliphatic heterocycles. The number of hydrogen-bond donors (Lipinski definition) is 1. The average molecular weight is 169 g/mol. The number of halogens is 1. The molecule has 0 atom stereocenters. The Hall–Kier alpha value is -0.673. The van der Waals surface area contributed by atoms with E-state index < -0.39 is 10.0 Å². The van der Waals surface area contributed by atoms with Crippen LogP contribution in [0.1, 0.15) is 11.1 Å². The standard InChI is InChI=1S/C8H12FNSi/c1-7-4-2-3-5-8(7)6-10-11-9/h2-5,10H,6,11H2,1H3. The minimum atomic E-state index is -1.50. The third-order valence-electron chi connectivity index (χ3n) is 1.67. The Bertz CT molecular complexity index is 227. The van der Waals surface area contributed by atoms with Crippen LogP contribution in [0.5, 0.6) is 0 Å². The molecule has 1 rings (SSSR count). The van der Waals surface area contributed by atoms with E-state index >= 15 is 0 Å². The maximum absolute atomic E-state index is 11.8. The van der Waals surface area contributed by atoms with E-state index in [1.54, 1.807) is 0 Å². The summed E-state index contributed by atoms with van der Waals surface area (Å²) in [7, 11) is -1.50. The first-order valence-corrected chi connectivity index (χ1v) is 4.90. The Balaban J connectivity index is 2.62. The lowest BCUT2D eigenvalue weighted by molar-refractivity contribution is 0.792. The predicted molar refractivity (Wildman–Crippen MR) is 47.7 cm³/mol. The van der Waals surface area contributed by atoms with Crippen LogP contribution in [-0.4, -0.2) is 10.0 Å². The minimum absolute atomic E-state index is 0.676. The summed E-state index contributed by atoms with van der Waals surface area (Å²) < 4.78 is 11.8. The molecule has 0 amide bonds. The van der Waals surface area contributed by atoms with Gasteiger partial charge in [0.1, 0.15) is 0 Å². The highest BCUT2D eigenvalue weighted by Gasteiger charge is 1.94. The highest BCUT2D eigenvalue weighted by Crippen LogP contribution is 2.05. The molecule has 0 fully saturated rings. The second-order valence-electron chi connectivity index (χ2n) is 2.49. The smallest absolute Gasteiger partial charge is 0.289 e. The molecule has 0 heterocycles. The van der Waals surface area contributed by atoms with Crippen molar-refractivity contribution in [1.82, 2.24) is 4.98 Å². The fraction of sp³-hybridized carbons (Fsp3) is 0.250. The van der Waals surface area contributed by atoms with Crippen molar-refractivity contribution < 1.29 is 4.11 Å². The van der Waals surface area contributed by atoms with Gasteiger partial charge in [0.2, 0.25) is 0 Å². The highest BCUT2D eigenvalue weighted by atomic mass is 28.3. The molecule has 0 aliphatic carbocycles. The molecule has 1 nitrogen and oxygen atoms in total. The Morgan fingerprint density at radius 1 is 1.45 bits per heavy atom. The van der Waals surface area contributed by atoms with Crippen molar-refractivity contribution in [3.63, 3.8) is 0 Å². The van der Waals surface area contributed by atoms with Crippen LogP contribution in [-0.2, 0) is 6.54 Å². The molecule has 0 spiro atoms. The van der Waals surface area contributed by atoms with Gasteiger partial charge < -0.3 is 9.09 Å². The molecule has 0 aliphatic rings. The van der Waals surface area contributed by atoms with E-state index in [4.69, 9.17) is 0 Å². The Kier molecular flexibility index (Phi) is 3.26. The Morgan fingerprint density at radius 2 is 2.18 bits per heavy atom. The summed E-state index contributed by atoms with van der Waals surface area (Å²) in [6.45, 7) is 2.71. The lowest BCUT2D eigenvalue weighted by Gasteiger charge is -2.03. The molecule has 1 N–H and O–H groups in total. The Labute approximate surface area is 68.7 Å². The van der Waals surface area contributed by atoms with E-state index in [-0.39, 0.29) is 0 Å². The zero-order valence-electron chi connectivity index (χ0n) is 6.60. The minimum Gasteiger partial charge on any atom is -0.313 e. The number of hydrogen-bond acceptors (Lipinski definition) is 1. The van der Waals surface area contributed by atoms with Crippen LogP contribution in [0.4, 0.5) is 4.11 Å². The molecular weight excluding hydrogens is 157 g/mol. The maximum atomic E-state index is 11.8. The molecule has 1 aromatic rings. The first-order valence-electron chi connectivity index (χ1n) is 3.66. The zero-order chi connectivity index (χ0) is 8.10. The van der Waals surface area contributed by atoms with Gasteiger partial charge in [-0.15, -0.1) is 0 Å². The van der Waals surface area contributed by atoms with E-state index in [0.29, 0.717) is 6.54 Å². The number of aryl methyl sites for hydroxylation is 1. The molecule has 11 heavy (non-hydrogen) atoms. The van der Waals surface area contributed by atoms with Crippen molar-refractivity contribution in [2.45, 2.75) is 13.5 Å². The maximum Gasteiger partial charge on any atom is 0.289 e. The molecule has 0 saturated heterocycles. The van der Waals surface area contributed by atoms with Crippen molar-refractivity contribution in [3.8, 4) is 0 Å². The van der Waals surface area contributed by atoms with Gasteiger partial charge in [-0.2, -0.15) is 0 Å². The summed E-state index contributed by atoms with van der Waals surface area (Å²) in [5.41, 5.74) is 2.42. The third-order valence-corrected chi connectivity index (χ3v) is 2.11. The summed E-state index contributed by atoms with van der Waals surface area (Å²) in [6.07, 6.45) is 0. The van der Waals surface area contributed by atoms with Gasteiger partial charge in [0.15, 0.2) is 0 Å². The molecular formula is C8H12FNSi. The molecule has 3 heteroatoms. The van der Waals surface area contributed by atoms with Crippen molar-refractivity contribution in [1.29, 1.82) is 0 Å². The van der Waals surface area contributed by atoms with Gasteiger partial charge in [-0.05, 0) is 18.1 Å². The second-order valence-corrected chi connectivity index (χ2v) is 3.25. The van der Waals surface area contributed by atoms with Gasteiger partial charge in [0.05, 0.1) is 0 Å². The molecule has 0 unspecified atom stereocenters. The number of benzene rings is 1. The fourth-order valence-corrected chi connectivity index (χ4v) is 1.35. The SMILES string of the molecule is Cc1ccccc1CN[SiH2]F. The van der Waals surface area contributed by atoms with E-state index in [2.05, 4.69) is 4.98 Å². The molecule has 60 valence electrons. The first-order chi connectivity index (χ1) is 5.34. The van der Waals surface area contributed by atoms with Gasteiger partial charge in [-0.3, -0.25) is 0 Å². The van der Waals surface area contributed by atoms with Crippen molar-refractivity contribution >= 4 is 10.0 Å². The first kappa shape index (κ1) is 8.42. The summed E-state index contributed by atoms with van der Waals surface area (Å²) in [5, 5.41) is 0. The van der Waals surface area contributed by atoms with E-state index in [1.165, 1.54) is 11.1 Å².